The van der Waals surface area contributed by atoms with E-state index >= 15 is 0 Å². The van der Waals surface area contributed by atoms with E-state index in [1.54, 1.807) is 4.90 Å². The highest BCUT2D eigenvalue weighted by molar-refractivity contribution is 5.77. The van der Waals surface area contributed by atoms with Gasteiger partial charge in [-0.05, 0) is 38.8 Å². The average Bonchev–Trinajstić information content (AvgIpc) is 2.62. The van der Waals surface area contributed by atoms with Gasteiger partial charge >= 0.3 is 6.09 Å². The number of hydrogen-bond donors (Lipinski definition) is 0. The van der Waals surface area contributed by atoms with Gasteiger partial charge in [-0.1, -0.05) is 67.2 Å². The third kappa shape index (κ3) is 4.87. The molecule has 0 aliphatic carbocycles. The van der Waals surface area contributed by atoms with Gasteiger partial charge in [0.1, 0.15) is 5.60 Å². The normalized spacial score (nSPS) is 12.0. The van der Waals surface area contributed by atoms with E-state index < -0.39 is 5.60 Å². The number of benzene rings is 2. The van der Waals surface area contributed by atoms with Gasteiger partial charge in [0.15, 0.2) is 0 Å². The molecule has 1 atom stereocenters. The van der Waals surface area contributed by atoms with Crippen LogP contribution in [-0.4, -0.2) is 23.1 Å². The highest BCUT2D eigenvalue weighted by Crippen LogP contribution is 2.35. The maximum atomic E-state index is 12.9. The van der Waals surface area contributed by atoms with Crippen LogP contribution in [0, 0.1) is 0 Å². The van der Waals surface area contributed by atoms with Gasteiger partial charge in [0.2, 0.25) is 0 Å². The maximum Gasteiger partial charge on any atom is 0.411 e. The molecule has 0 spiro atoms. The summed E-state index contributed by atoms with van der Waals surface area (Å²) in [4.78, 5) is 14.6. The minimum atomic E-state index is -0.559. The molecule has 1 amide bonds. The van der Waals surface area contributed by atoms with Crippen LogP contribution in [0.25, 0.3) is 5.57 Å². The molecule has 2 aromatic carbocycles. The Hall–Kier alpha value is -2.77. The largest absolute Gasteiger partial charge is 0.444 e. The molecule has 0 N–H and O–H groups in total. The first-order valence-corrected chi connectivity index (χ1v) is 8.87. The van der Waals surface area contributed by atoms with Gasteiger partial charge in [-0.25, -0.2) is 4.79 Å². The predicted molar refractivity (Wildman–Crippen MR) is 107 cm³/mol. The second-order valence-corrected chi connectivity index (χ2v) is 7.04. The SMILES string of the molecule is C=C=C(c1ccccc1)C(c1ccccc1)N(CC)C(=O)OC(C)(C)C. The molecule has 0 radical (unpaired) electrons. The van der Waals surface area contributed by atoms with Crippen LogP contribution < -0.4 is 0 Å². The number of carbonyl (C=O) groups is 1. The van der Waals surface area contributed by atoms with Crippen molar-refractivity contribution in [1.29, 1.82) is 0 Å². The fraction of sp³-hybridized carbons (Fsp3) is 0.304. The third-order valence-corrected chi connectivity index (χ3v) is 3.94. The van der Waals surface area contributed by atoms with Crippen molar-refractivity contribution in [3.63, 3.8) is 0 Å². The van der Waals surface area contributed by atoms with E-state index in [0.29, 0.717) is 6.54 Å². The lowest BCUT2D eigenvalue weighted by molar-refractivity contribution is 0.0216. The number of ether oxygens (including phenoxy) is 1. The number of rotatable bonds is 5. The number of carbonyl (C=O) groups excluding carboxylic acids is 1. The Labute approximate surface area is 156 Å². The van der Waals surface area contributed by atoms with Gasteiger partial charge in [0.05, 0.1) is 6.04 Å². The number of likely N-dealkylation sites (N-methyl/N-ethyl adjacent to an activating group) is 1. The predicted octanol–water partition coefficient (Wildman–Crippen LogP) is 5.85. The van der Waals surface area contributed by atoms with Crippen molar-refractivity contribution in [3.8, 4) is 0 Å². The highest BCUT2D eigenvalue weighted by atomic mass is 16.6. The van der Waals surface area contributed by atoms with E-state index in [4.69, 9.17) is 4.74 Å². The van der Waals surface area contributed by atoms with Gasteiger partial charge in [-0.2, -0.15) is 0 Å². The van der Waals surface area contributed by atoms with Crippen LogP contribution in [0.2, 0.25) is 0 Å². The first kappa shape index (κ1) is 19.6. The second kappa shape index (κ2) is 8.55. The van der Waals surface area contributed by atoms with Crippen molar-refractivity contribution >= 4 is 11.7 Å². The highest BCUT2D eigenvalue weighted by Gasteiger charge is 2.31. The van der Waals surface area contributed by atoms with Crippen molar-refractivity contribution in [2.24, 2.45) is 0 Å². The van der Waals surface area contributed by atoms with Crippen LogP contribution in [0.5, 0.6) is 0 Å². The lowest BCUT2D eigenvalue weighted by Crippen LogP contribution is -2.39. The quantitative estimate of drug-likeness (QED) is 0.633. The summed E-state index contributed by atoms with van der Waals surface area (Å²) in [6, 6.07) is 19.5. The number of hydrogen-bond acceptors (Lipinski definition) is 2. The Morgan fingerprint density at radius 1 is 1.08 bits per heavy atom. The van der Waals surface area contributed by atoms with Gasteiger partial charge in [-0.3, -0.25) is 4.90 Å². The molecule has 136 valence electrons. The Balaban J connectivity index is 2.53. The molecule has 0 heterocycles. The van der Waals surface area contributed by atoms with Gasteiger partial charge in [-0.15, -0.1) is 5.73 Å². The van der Waals surface area contributed by atoms with Crippen molar-refractivity contribution < 1.29 is 9.53 Å². The summed E-state index contributed by atoms with van der Waals surface area (Å²) in [6.45, 7) is 12.0. The second-order valence-electron chi connectivity index (χ2n) is 7.04. The summed E-state index contributed by atoms with van der Waals surface area (Å²) >= 11 is 0. The summed E-state index contributed by atoms with van der Waals surface area (Å²) in [5.74, 6) is 0. The zero-order valence-corrected chi connectivity index (χ0v) is 16.0. The number of amides is 1. The van der Waals surface area contributed by atoms with Crippen molar-refractivity contribution in [3.05, 3.63) is 84.1 Å². The Morgan fingerprint density at radius 3 is 2.08 bits per heavy atom. The fourth-order valence-corrected chi connectivity index (χ4v) is 2.85. The van der Waals surface area contributed by atoms with E-state index in [9.17, 15) is 4.79 Å². The molecule has 0 aromatic heterocycles. The Bertz CT molecular complexity index is 769. The zero-order chi connectivity index (χ0) is 19.2. The molecule has 2 aromatic rings. The topological polar surface area (TPSA) is 29.5 Å². The molecule has 0 aliphatic rings. The minimum absolute atomic E-state index is 0.323. The number of nitrogens with zero attached hydrogens (tertiary/aromatic N) is 1. The monoisotopic (exact) mass is 349 g/mol. The standard InChI is InChI=1S/C23H27NO2/c1-6-20(18-14-10-8-11-15-18)21(19-16-12-9-13-17-19)24(7-2)22(25)26-23(3,4)5/h8-17,21H,1,7H2,2-5H3. The van der Waals surface area contributed by atoms with Crippen LogP contribution >= 0.6 is 0 Å². The van der Waals surface area contributed by atoms with E-state index in [-0.39, 0.29) is 12.1 Å². The minimum Gasteiger partial charge on any atom is -0.444 e. The maximum absolute atomic E-state index is 12.9. The van der Waals surface area contributed by atoms with Gasteiger partial charge in [0, 0.05) is 12.1 Å². The molecular weight excluding hydrogens is 322 g/mol. The van der Waals surface area contributed by atoms with Gasteiger partial charge < -0.3 is 4.74 Å². The van der Waals surface area contributed by atoms with E-state index in [1.807, 2.05) is 88.4 Å². The lowest BCUT2D eigenvalue weighted by Gasteiger charge is -2.34. The van der Waals surface area contributed by atoms with E-state index in [1.165, 1.54) is 0 Å². The molecule has 3 nitrogen and oxygen atoms in total. The molecular formula is C23H27NO2. The van der Waals surface area contributed by atoms with E-state index in [2.05, 4.69) is 12.3 Å². The molecule has 1 unspecified atom stereocenters. The molecule has 2 rings (SSSR count). The molecule has 0 fully saturated rings. The Morgan fingerprint density at radius 2 is 1.62 bits per heavy atom. The van der Waals surface area contributed by atoms with Crippen molar-refractivity contribution in [1.82, 2.24) is 4.90 Å². The molecule has 0 saturated heterocycles. The lowest BCUT2D eigenvalue weighted by atomic mass is 9.92. The molecule has 0 saturated carbocycles. The summed E-state index contributed by atoms with van der Waals surface area (Å²) < 4.78 is 5.65. The summed E-state index contributed by atoms with van der Waals surface area (Å²) in [6.07, 6.45) is -0.350. The van der Waals surface area contributed by atoms with Crippen LogP contribution in [0.15, 0.2) is 73.0 Å². The smallest absolute Gasteiger partial charge is 0.411 e. The molecule has 3 heteroatoms. The third-order valence-electron chi connectivity index (χ3n) is 3.94. The molecule has 0 bridgehead atoms. The summed E-state index contributed by atoms with van der Waals surface area (Å²) in [7, 11) is 0. The summed E-state index contributed by atoms with van der Waals surface area (Å²) in [5, 5.41) is 0. The Kier molecular flexibility index (Phi) is 6.43. The summed E-state index contributed by atoms with van der Waals surface area (Å²) in [5.41, 5.74) is 5.34. The molecule has 26 heavy (non-hydrogen) atoms. The van der Waals surface area contributed by atoms with Crippen LogP contribution in [-0.2, 0) is 4.74 Å². The van der Waals surface area contributed by atoms with Crippen LogP contribution in [0.1, 0.15) is 44.9 Å². The van der Waals surface area contributed by atoms with Crippen molar-refractivity contribution in [2.45, 2.75) is 39.3 Å². The first-order chi connectivity index (χ1) is 12.4. The van der Waals surface area contributed by atoms with Crippen LogP contribution in [0.4, 0.5) is 4.79 Å². The fourth-order valence-electron chi connectivity index (χ4n) is 2.85. The zero-order valence-electron chi connectivity index (χ0n) is 16.0. The average molecular weight is 349 g/mol. The first-order valence-electron chi connectivity index (χ1n) is 8.87. The van der Waals surface area contributed by atoms with Crippen molar-refractivity contribution in [2.75, 3.05) is 6.54 Å². The van der Waals surface area contributed by atoms with Gasteiger partial charge in [0.25, 0.3) is 0 Å². The van der Waals surface area contributed by atoms with Crippen LogP contribution in [0.3, 0.4) is 0 Å². The van der Waals surface area contributed by atoms with E-state index in [0.717, 1.165) is 16.7 Å². The molecule has 0 aliphatic heterocycles.